The summed E-state index contributed by atoms with van der Waals surface area (Å²) >= 11 is 0. The lowest BCUT2D eigenvalue weighted by Crippen LogP contribution is -2.49. The lowest BCUT2D eigenvalue weighted by atomic mass is 10.1. The first kappa shape index (κ1) is 28.2. The van der Waals surface area contributed by atoms with Gasteiger partial charge in [-0.3, -0.25) is 13.9 Å². The second kappa shape index (κ2) is 13.1. The molecule has 8 nitrogen and oxygen atoms in total. The summed E-state index contributed by atoms with van der Waals surface area (Å²) in [6, 6.07) is 15.6. The average Bonchev–Trinajstić information content (AvgIpc) is 2.84. The molecule has 35 heavy (non-hydrogen) atoms. The van der Waals surface area contributed by atoms with Crippen LogP contribution in [0.25, 0.3) is 0 Å². The third-order valence-corrected chi connectivity index (χ3v) is 7.07. The molecule has 2 aromatic carbocycles. The minimum atomic E-state index is -3.55. The van der Waals surface area contributed by atoms with Gasteiger partial charge in [-0.05, 0) is 56.5 Å². The van der Waals surface area contributed by atoms with Gasteiger partial charge in [-0.1, -0.05) is 37.3 Å². The van der Waals surface area contributed by atoms with Crippen molar-refractivity contribution in [2.45, 2.75) is 58.7 Å². The maximum Gasteiger partial charge on any atom is 0.242 e. The minimum Gasteiger partial charge on any atom is -0.497 e. The molecular formula is C26H37N3O5S. The van der Waals surface area contributed by atoms with E-state index in [1.165, 1.54) is 4.31 Å². The van der Waals surface area contributed by atoms with Crippen molar-refractivity contribution < 1.29 is 22.7 Å². The molecule has 0 aliphatic rings. The molecule has 2 rings (SSSR count). The van der Waals surface area contributed by atoms with Gasteiger partial charge in [-0.15, -0.1) is 0 Å². The normalized spacial score (nSPS) is 12.9. The van der Waals surface area contributed by atoms with E-state index in [2.05, 4.69) is 5.32 Å². The number of nitrogens with one attached hydrogen (secondary N) is 1. The number of hydrogen-bond donors (Lipinski definition) is 1. The molecule has 0 heterocycles. The first-order valence-corrected chi connectivity index (χ1v) is 13.7. The zero-order valence-corrected chi connectivity index (χ0v) is 22.0. The predicted octanol–water partition coefficient (Wildman–Crippen LogP) is 3.57. The van der Waals surface area contributed by atoms with Crippen LogP contribution in [-0.4, -0.2) is 57.1 Å². The smallest absolute Gasteiger partial charge is 0.242 e. The molecule has 0 bridgehead atoms. The molecule has 0 radical (unpaired) electrons. The summed E-state index contributed by atoms with van der Waals surface area (Å²) < 4.78 is 31.2. The fraction of sp³-hybridized carbons (Fsp3) is 0.462. The molecule has 0 spiro atoms. The summed E-state index contributed by atoms with van der Waals surface area (Å²) in [4.78, 5) is 27.6. The highest BCUT2D eigenvalue weighted by atomic mass is 32.2. The number of amides is 2. The van der Waals surface area contributed by atoms with Crippen LogP contribution in [0.2, 0.25) is 0 Å². The molecule has 2 atom stereocenters. The Bertz CT molecular complexity index is 1060. The number of ether oxygens (including phenoxy) is 1. The Morgan fingerprint density at radius 1 is 1.03 bits per heavy atom. The second-order valence-electron chi connectivity index (χ2n) is 8.64. The molecule has 9 heteroatoms. The van der Waals surface area contributed by atoms with Crippen molar-refractivity contribution in [3.8, 4) is 5.75 Å². The highest BCUT2D eigenvalue weighted by molar-refractivity contribution is 7.92. The quantitative estimate of drug-likeness (QED) is 0.451. The molecule has 0 aromatic heterocycles. The van der Waals surface area contributed by atoms with Gasteiger partial charge in [0.1, 0.15) is 11.8 Å². The number of sulfonamides is 1. The first-order valence-electron chi connectivity index (χ1n) is 11.8. The van der Waals surface area contributed by atoms with Crippen molar-refractivity contribution in [3.05, 3.63) is 60.2 Å². The number of nitrogens with zero attached hydrogens (tertiary/aromatic N) is 2. The summed E-state index contributed by atoms with van der Waals surface area (Å²) in [5.74, 6) is 0.210. The van der Waals surface area contributed by atoms with Gasteiger partial charge in [0.25, 0.3) is 0 Å². The van der Waals surface area contributed by atoms with E-state index in [0.717, 1.165) is 18.2 Å². The Morgan fingerprint density at radius 3 is 2.20 bits per heavy atom. The summed E-state index contributed by atoms with van der Waals surface area (Å²) in [7, 11) is -2.00. The third-order valence-electron chi connectivity index (χ3n) is 5.88. The zero-order valence-electron chi connectivity index (χ0n) is 21.2. The van der Waals surface area contributed by atoms with Crippen LogP contribution in [-0.2, 0) is 26.2 Å². The van der Waals surface area contributed by atoms with Crippen LogP contribution >= 0.6 is 0 Å². The Hall–Kier alpha value is -3.07. The fourth-order valence-electron chi connectivity index (χ4n) is 3.58. The first-order chi connectivity index (χ1) is 16.6. The fourth-order valence-corrected chi connectivity index (χ4v) is 4.55. The van der Waals surface area contributed by atoms with Gasteiger partial charge in [0.15, 0.2) is 0 Å². The molecule has 0 saturated heterocycles. The van der Waals surface area contributed by atoms with Crippen LogP contribution in [0.15, 0.2) is 54.6 Å². The number of carbonyl (C=O) groups is 2. The Morgan fingerprint density at radius 2 is 1.66 bits per heavy atom. The lowest BCUT2D eigenvalue weighted by Gasteiger charge is -2.30. The van der Waals surface area contributed by atoms with Crippen molar-refractivity contribution in [2.24, 2.45) is 0 Å². The second-order valence-corrected chi connectivity index (χ2v) is 10.5. The number of methoxy groups -OCH3 is 1. The van der Waals surface area contributed by atoms with Gasteiger partial charge in [-0.2, -0.15) is 0 Å². The van der Waals surface area contributed by atoms with Gasteiger partial charge in [0.05, 0.1) is 19.1 Å². The number of benzene rings is 2. The van der Waals surface area contributed by atoms with E-state index < -0.39 is 16.1 Å². The van der Waals surface area contributed by atoms with Crippen molar-refractivity contribution in [2.75, 3.05) is 24.2 Å². The molecule has 0 saturated carbocycles. The molecule has 192 valence electrons. The van der Waals surface area contributed by atoms with Gasteiger partial charge < -0.3 is 15.0 Å². The monoisotopic (exact) mass is 503 g/mol. The largest absolute Gasteiger partial charge is 0.497 e. The van der Waals surface area contributed by atoms with E-state index in [1.54, 1.807) is 43.2 Å². The van der Waals surface area contributed by atoms with Crippen molar-refractivity contribution >= 4 is 27.5 Å². The average molecular weight is 504 g/mol. The van der Waals surface area contributed by atoms with Gasteiger partial charge >= 0.3 is 0 Å². The molecule has 0 fully saturated rings. The van der Waals surface area contributed by atoms with E-state index in [-0.39, 0.29) is 30.8 Å². The van der Waals surface area contributed by atoms with Crippen molar-refractivity contribution in [3.63, 3.8) is 0 Å². The number of hydrogen-bond acceptors (Lipinski definition) is 5. The van der Waals surface area contributed by atoms with Crippen LogP contribution in [0, 0.1) is 0 Å². The van der Waals surface area contributed by atoms with Crippen LogP contribution in [0.1, 0.15) is 45.6 Å². The molecule has 0 aliphatic carbocycles. The highest BCUT2D eigenvalue weighted by Gasteiger charge is 2.27. The Balaban J connectivity index is 2.13. The Labute approximate surface area is 209 Å². The SMILES string of the molecule is CCC(C)NC(=O)C(C)N(Cc1ccccc1)C(=O)CCCN(c1ccc(OC)cc1)S(C)(=O)=O. The van der Waals surface area contributed by atoms with E-state index >= 15 is 0 Å². The van der Waals surface area contributed by atoms with Crippen LogP contribution in [0.5, 0.6) is 5.75 Å². The number of rotatable bonds is 13. The number of anilines is 1. The van der Waals surface area contributed by atoms with Crippen molar-refractivity contribution in [1.29, 1.82) is 0 Å². The van der Waals surface area contributed by atoms with Crippen molar-refractivity contribution in [1.82, 2.24) is 10.2 Å². The maximum absolute atomic E-state index is 13.3. The predicted molar refractivity (Wildman–Crippen MR) is 139 cm³/mol. The van der Waals surface area contributed by atoms with Gasteiger partial charge in [0, 0.05) is 25.6 Å². The molecule has 2 unspecified atom stereocenters. The maximum atomic E-state index is 13.3. The molecule has 0 aliphatic heterocycles. The Kier molecular flexibility index (Phi) is 10.6. The summed E-state index contributed by atoms with van der Waals surface area (Å²) in [6.07, 6.45) is 2.35. The zero-order chi connectivity index (χ0) is 26.0. The van der Waals surface area contributed by atoms with E-state index in [9.17, 15) is 18.0 Å². The number of carbonyl (C=O) groups excluding carboxylic acids is 2. The lowest BCUT2D eigenvalue weighted by molar-refractivity contribution is -0.140. The summed E-state index contributed by atoms with van der Waals surface area (Å²) in [5.41, 5.74) is 1.42. The van der Waals surface area contributed by atoms with E-state index in [1.807, 2.05) is 44.2 Å². The molecular weight excluding hydrogens is 466 g/mol. The van der Waals surface area contributed by atoms with Crippen LogP contribution in [0.4, 0.5) is 5.69 Å². The standard InChI is InChI=1S/C26H37N3O5S/c1-6-20(2)27-26(31)21(3)28(19-22-11-8-7-9-12-22)25(30)13-10-18-29(35(5,32)33)23-14-16-24(34-4)17-15-23/h7-9,11-12,14-17,20-21H,6,10,13,18-19H2,1-5H3,(H,27,31). The van der Waals surface area contributed by atoms with Crippen LogP contribution < -0.4 is 14.4 Å². The van der Waals surface area contributed by atoms with Gasteiger partial charge in [-0.25, -0.2) is 8.42 Å². The molecule has 1 N–H and O–H groups in total. The third kappa shape index (κ3) is 8.58. The topological polar surface area (TPSA) is 96.0 Å². The van der Waals surface area contributed by atoms with E-state index in [4.69, 9.17) is 4.74 Å². The summed E-state index contributed by atoms with van der Waals surface area (Å²) in [6.45, 7) is 6.07. The summed E-state index contributed by atoms with van der Waals surface area (Å²) in [5, 5.41) is 2.94. The minimum absolute atomic E-state index is 0.00597. The molecule has 2 amide bonds. The van der Waals surface area contributed by atoms with E-state index in [0.29, 0.717) is 24.4 Å². The highest BCUT2D eigenvalue weighted by Crippen LogP contribution is 2.22. The molecule has 2 aromatic rings. The van der Waals surface area contributed by atoms with Gasteiger partial charge in [0.2, 0.25) is 21.8 Å². The van der Waals surface area contributed by atoms with Crippen LogP contribution in [0.3, 0.4) is 0 Å².